The number of carbonyl (C=O) groups is 1. The molecule has 0 unspecified atom stereocenters. The molecule has 0 aliphatic heterocycles. The molecule has 0 fully saturated rings. The second-order valence-electron chi connectivity index (χ2n) is 6.42. The molecule has 2 aromatic carbocycles. The van der Waals surface area contributed by atoms with Crippen molar-refractivity contribution in [2.45, 2.75) is 18.6 Å². The highest BCUT2D eigenvalue weighted by Gasteiger charge is 2.32. The summed E-state index contributed by atoms with van der Waals surface area (Å²) in [6, 6.07) is 14.2. The van der Waals surface area contributed by atoms with Crippen LogP contribution in [0.25, 0.3) is 11.3 Å². The monoisotopic (exact) mass is 380 g/mol. The molecule has 27 heavy (non-hydrogen) atoms. The normalized spacial score (nSPS) is 18.1. The van der Waals surface area contributed by atoms with Gasteiger partial charge in [-0.05, 0) is 23.3 Å². The largest absolute Gasteiger partial charge is 0.390 e. The Morgan fingerprint density at radius 3 is 2.70 bits per heavy atom. The zero-order valence-corrected chi connectivity index (χ0v) is 15.0. The Kier molecular flexibility index (Phi) is 4.51. The molecule has 1 aliphatic carbocycles. The minimum Gasteiger partial charge on any atom is -0.390 e. The van der Waals surface area contributed by atoms with E-state index in [1.54, 1.807) is 24.3 Å². The van der Waals surface area contributed by atoms with E-state index in [1.807, 2.05) is 24.3 Å². The number of nitrogens with zero attached hydrogens (tertiary/aromatic N) is 2. The molecule has 3 aromatic rings. The molecule has 136 valence electrons. The molecule has 4 rings (SSSR count). The number of aliphatic hydroxyl groups is 1. The van der Waals surface area contributed by atoms with Crippen LogP contribution >= 0.6 is 11.6 Å². The van der Waals surface area contributed by atoms with E-state index in [9.17, 15) is 9.90 Å². The van der Waals surface area contributed by atoms with Crippen LogP contribution in [0, 0.1) is 0 Å². The molecule has 1 heterocycles. The zero-order valence-electron chi connectivity index (χ0n) is 14.3. The van der Waals surface area contributed by atoms with Crippen LogP contribution in [0.1, 0.15) is 27.7 Å². The van der Waals surface area contributed by atoms with Crippen molar-refractivity contribution in [3.8, 4) is 11.3 Å². The molecule has 1 amide bonds. The smallest absolute Gasteiger partial charge is 0.274 e. The van der Waals surface area contributed by atoms with Crippen LogP contribution in [0.2, 0.25) is 5.02 Å². The Morgan fingerprint density at radius 2 is 1.93 bits per heavy atom. The predicted molar refractivity (Wildman–Crippen MR) is 103 cm³/mol. The molecule has 0 saturated heterocycles. The van der Waals surface area contributed by atoms with Crippen LogP contribution < -0.4 is 11.1 Å². The number of fused-ring (bicyclic) bond motifs is 1. The Hall–Kier alpha value is -2.96. The summed E-state index contributed by atoms with van der Waals surface area (Å²) in [5, 5.41) is 13.8. The Labute approximate surface area is 161 Å². The van der Waals surface area contributed by atoms with Gasteiger partial charge in [0, 0.05) is 17.0 Å². The highest BCUT2D eigenvalue weighted by Crippen LogP contribution is 2.31. The summed E-state index contributed by atoms with van der Waals surface area (Å²) in [5.74, 6) is -0.442. The molecule has 0 saturated carbocycles. The average Bonchev–Trinajstić information content (AvgIpc) is 2.98. The molecule has 0 bridgehead atoms. The summed E-state index contributed by atoms with van der Waals surface area (Å²) >= 11 is 5.91. The topological polar surface area (TPSA) is 101 Å². The number of hydrogen-bond donors (Lipinski definition) is 3. The second kappa shape index (κ2) is 6.98. The lowest BCUT2D eigenvalue weighted by atomic mass is 10.1. The maximum Gasteiger partial charge on any atom is 0.274 e. The van der Waals surface area contributed by atoms with E-state index in [0.29, 0.717) is 17.1 Å². The third kappa shape index (κ3) is 3.37. The number of anilines is 1. The number of hydrogen-bond acceptors (Lipinski definition) is 5. The maximum atomic E-state index is 12.8. The van der Waals surface area contributed by atoms with Gasteiger partial charge in [-0.2, -0.15) is 0 Å². The second-order valence-corrected chi connectivity index (χ2v) is 6.85. The molecular weight excluding hydrogens is 364 g/mol. The van der Waals surface area contributed by atoms with E-state index in [0.717, 1.165) is 16.7 Å². The van der Waals surface area contributed by atoms with Crippen molar-refractivity contribution >= 4 is 23.3 Å². The lowest BCUT2D eigenvalue weighted by Gasteiger charge is -2.18. The van der Waals surface area contributed by atoms with E-state index in [2.05, 4.69) is 15.3 Å². The van der Waals surface area contributed by atoms with Crippen LogP contribution in [0.15, 0.2) is 54.7 Å². The standard InChI is InChI=1S/C20H17ClN4O2/c21-13-7-5-11(6-8-13)15-10-23-19(22)18(24-15)20(27)25-17-14-4-2-1-3-12(14)9-16(17)26/h1-8,10,16-17,26H,9H2,(H2,22,23)(H,25,27)/t16-,17+/m0/s1. The number of carbonyl (C=O) groups excluding carboxylic acids is 1. The van der Waals surface area contributed by atoms with Crippen molar-refractivity contribution in [2.24, 2.45) is 0 Å². The van der Waals surface area contributed by atoms with E-state index in [4.69, 9.17) is 17.3 Å². The zero-order chi connectivity index (χ0) is 19.0. The highest BCUT2D eigenvalue weighted by molar-refractivity contribution is 6.30. The number of amides is 1. The summed E-state index contributed by atoms with van der Waals surface area (Å²) in [5.41, 5.74) is 9.11. The van der Waals surface area contributed by atoms with Crippen molar-refractivity contribution in [2.75, 3.05) is 5.73 Å². The molecule has 1 aliphatic rings. The minimum atomic E-state index is -0.694. The van der Waals surface area contributed by atoms with Gasteiger partial charge in [-0.3, -0.25) is 4.79 Å². The number of nitrogen functional groups attached to an aromatic ring is 1. The number of nitrogens with one attached hydrogen (secondary N) is 1. The van der Waals surface area contributed by atoms with Crippen molar-refractivity contribution in [3.05, 3.63) is 76.6 Å². The van der Waals surface area contributed by atoms with Gasteiger partial charge in [0.05, 0.1) is 24.0 Å². The summed E-state index contributed by atoms with van der Waals surface area (Å²) in [7, 11) is 0. The fraction of sp³-hybridized carbons (Fsp3) is 0.150. The van der Waals surface area contributed by atoms with E-state index in [-0.39, 0.29) is 11.5 Å². The SMILES string of the molecule is Nc1ncc(-c2ccc(Cl)cc2)nc1C(=O)N[C@@H]1c2ccccc2C[C@@H]1O. The van der Waals surface area contributed by atoms with E-state index < -0.39 is 18.1 Å². The van der Waals surface area contributed by atoms with Crippen LogP contribution in [-0.2, 0) is 6.42 Å². The van der Waals surface area contributed by atoms with Crippen molar-refractivity contribution in [3.63, 3.8) is 0 Å². The van der Waals surface area contributed by atoms with Crippen molar-refractivity contribution < 1.29 is 9.90 Å². The Bertz CT molecular complexity index is 1010. The van der Waals surface area contributed by atoms with Crippen LogP contribution in [0.4, 0.5) is 5.82 Å². The van der Waals surface area contributed by atoms with Crippen LogP contribution in [0.3, 0.4) is 0 Å². The summed E-state index contributed by atoms with van der Waals surface area (Å²) in [6.07, 6.45) is 1.31. The van der Waals surface area contributed by atoms with Gasteiger partial charge in [0.1, 0.15) is 0 Å². The number of aliphatic hydroxyl groups excluding tert-OH is 1. The quantitative estimate of drug-likeness (QED) is 0.648. The first kappa shape index (κ1) is 17.5. The summed E-state index contributed by atoms with van der Waals surface area (Å²) < 4.78 is 0. The maximum absolute atomic E-state index is 12.8. The van der Waals surface area contributed by atoms with Gasteiger partial charge in [0.2, 0.25) is 0 Å². The number of aromatic nitrogens is 2. The lowest BCUT2D eigenvalue weighted by Crippen LogP contribution is -2.35. The number of nitrogens with two attached hydrogens (primary N) is 1. The minimum absolute atomic E-state index is 0.0269. The molecule has 2 atom stereocenters. The molecule has 6 nitrogen and oxygen atoms in total. The van der Waals surface area contributed by atoms with Gasteiger partial charge in [-0.25, -0.2) is 9.97 Å². The fourth-order valence-corrected chi connectivity index (χ4v) is 3.41. The third-order valence-electron chi connectivity index (χ3n) is 4.65. The Balaban J connectivity index is 1.62. The Morgan fingerprint density at radius 1 is 1.19 bits per heavy atom. The fourth-order valence-electron chi connectivity index (χ4n) is 3.28. The number of rotatable bonds is 3. The van der Waals surface area contributed by atoms with Crippen LogP contribution in [0.5, 0.6) is 0 Å². The van der Waals surface area contributed by atoms with Gasteiger partial charge in [-0.15, -0.1) is 0 Å². The third-order valence-corrected chi connectivity index (χ3v) is 4.90. The molecule has 0 spiro atoms. The van der Waals surface area contributed by atoms with Gasteiger partial charge >= 0.3 is 0 Å². The van der Waals surface area contributed by atoms with Crippen molar-refractivity contribution in [1.82, 2.24) is 15.3 Å². The van der Waals surface area contributed by atoms with E-state index in [1.165, 1.54) is 6.20 Å². The van der Waals surface area contributed by atoms with E-state index >= 15 is 0 Å². The summed E-state index contributed by atoms with van der Waals surface area (Å²) in [4.78, 5) is 21.3. The molecule has 0 radical (unpaired) electrons. The molecule has 1 aromatic heterocycles. The highest BCUT2D eigenvalue weighted by atomic mass is 35.5. The van der Waals surface area contributed by atoms with Crippen molar-refractivity contribution in [1.29, 1.82) is 0 Å². The summed E-state index contributed by atoms with van der Waals surface area (Å²) in [6.45, 7) is 0. The number of benzene rings is 2. The average molecular weight is 381 g/mol. The molecule has 4 N–H and O–H groups in total. The van der Waals surface area contributed by atoms with Gasteiger partial charge in [0.25, 0.3) is 5.91 Å². The first-order chi connectivity index (χ1) is 13.0. The first-order valence-corrected chi connectivity index (χ1v) is 8.86. The number of halogens is 1. The molecular formula is C20H17ClN4O2. The van der Waals surface area contributed by atoms with Gasteiger partial charge < -0.3 is 16.2 Å². The first-order valence-electron chi connectivity index (χ1n) is 8.48. The predicted octanol–water partition coefficient (Wildman–Crippen LogP) is 2.77. The molecule has 7 heteroatoms. The lowest BCUT2D eigenvalue weighted by molar-refractivity contribution is 0.0854. The van der Waals surface area contributed by atoms with Gasteiger partial charge in [0.15, 0.2) is 11.5 Å². The van der Waals surface area contributed by atoms with Crippen LogP contribution in [-0.4, -0.2) is 27.1 Å². The van der Waals surface area contributed by atoms with Gasteiger partial charge in [-0.1, -0.05) is 48.0 Å².